The van der Waals surface area contributed by atoms with Crippen LogP contribution in [-0.2, 0) is 6.61 Å². The summed E-state index contributed by atoms with van der Waals surface area (Å²) >= 11 is 0. The van der Waals surface area contributed by atoms with Crippen molar-refractivity contribution in [2.24, 2.45) is 0 Å². The van der Waals surface area contributed by atoms with Crippen LogP contribution in [0.4, 0.5) is 11.4 Å². The highest BCUT2D eigenvalue weighted by molar-refractivity contribution is 6.03. The minimum atomic E-state index is -0.635. The largest absolute Gasteiger partial charge is 0.494 e. The topological polar surface area (TPSA) is 121 Å². The number of hydrogen-bond donors (Lipinski definition) is 1. The Labute approximate surface area is 177 Å². The summed E-state index contributed by atoms with van der Waals surface area (Å²) < 4.78 is 16.3. The van der Waals surface area contributed by atoms with Crippen LogP contribution in [-0.4, -0.2) is 23.2 Å². The quantitative estimate of drug-likeness (QED) is 0.302. The Hall–Kier alpha value is -4.14. The first kappa shape index (κ1) is 21.6. The Balaban J connectivity index is 1.65. The minimum absolute atomic E-state index is 0.0197. The van der Waals surface area contributed by atoms with Crippen molar-refractivity contribution in [1.82, 2.24) is 0 Å². The zero-order valence-corrected chi connectivity index (χ0v) is 16.9. The molecule has 0 radical (unpaired) electrons. The number of carbonyl (C=O) groups excluding carboxylic acids is 2. The van der Waals surface area contributed by atoms with Gasteiger partial charge in [-0.05, 0) is 62.4 Å². The molecule has 1 amide bonds. The van der Waals surface area contributed by atoms with Crippen molar-refractivity contribution in [3.05, 3.63) is 81.8 Å². The van der Waals surface area contributed by atoms with Crippen LogP contribution in [0.1, 0.15) is 40.5 Å². The Morgan fingerprint density at radius 1 is 1.03 bits per heavy atom. The number of nitrogens with one attached hydrogen (secondary N) is 1. The van der Waals surface area contributed by atoms with Gasteiger partial charge in [-0.15, -0.1) is 0 Å². The molecule has 0 saturated carbocycles. The van der Waals surface area contributed by atoms with Crippen molar-refractivity contribution in [2.75, 3.05) is 11.9 Å². The average molecular weight is 424 g/mol. The number of benzene rings is 2. The molecule has 3 aromatic rings. The third-order valence-electron chi connectivity index (χ3n) is 4.25. The summed E-state index contributed by atoms with van der Waals surface area (Å²) in [5.74, 6) is 0.569. The third-order valence-corrected chi connectivity index (χ3v) is 4.25. The number of ether oxygens (including phenoxy) is 2. The molecule has 3 rings (SSSR count). The Kier molecular flexibility index (Phi) is 6.66. The molecule has 0 saturated heterocycles. The van der Waals surface area contributed by atoms with E-state index in [9.17, 15) is 19.7 Å². The van der Waals surface area contributed by atoms with Crippen LogP contribution >= 0.6 is 0 Å². The Morgan fingerprint density at radius 3 is 2.39 bits per heavy atom. The van der Waals surface area contributed by atoms with E-state index >= 15 is 0 Å². The number of anilines is 1. The smallest absolute Gasteiger partial charge is 0.296 e. The highest BCUT2D eigenvalue weighted by Crippen LogP contribution is 2.29. The summed E-state index contributed by atoms with van der Waals surface area (Å²) in [4.78, 5) is 34.5. The second-order valence-electron chi connectivity index (χ2n) is 6.46. The summed E-state index contributed by atoms with van der Waals surface area (Å²) in [6.07, 6.45) is 0. The van der Waals surface area contributed by atoms with Crippen molar-refractivity contribution >= 4 is 23.1 Å². The van der Waals surface area contributed by atoms with Gasteiger partial charge in [0.25, 0.3) is 11.6 Å². The lowest BCUT2D eigenvalue weighted by Crippen LogP contribution is -2.12. The first-order chi connectivity index (χ1) is 14.9. The predicted octanol–water partition coefficient (Wildman–Crippen LogP) is 4.62. The monoisotopic (exact) mass is 424 g/mol. The van der Waals surface area contributed by atoms with E-state index in [4.69, 9.17) is 13.9 Å². The molecule has 1 N–H and O–H groups in total. The van der Waals surface area contributed by atoms with Gasteiger partial charge < -0.3 is 19.2 Å². The Bertz CT molecular complexity index is 1100. The van der Waals surface area contributed by atoms with Crippen molar-refractivity contribution < 1.29 is 28.4 Å². The number of ketones is 1. The number of nitrogens with zero attached hydrogens (tertiary/aromatic N) is 1. The molecule has 9 heteroatoms. The fourth-order valence-corrected chi connectivity index (χ4v) is 2.73. The lowest BCUT2D eigenvalue weighted by Gasteiger charge is -2.07. The van der Waals surface area contributed by atoms with Gasteiger partial charge in [-0.25, -0.2) is 0 Å². The van der Waals surface area contributed by atoms with Crippen LogP contribution in [0.25, 0.3) is 0 Å². The van der Waals surface area contributed by atoms with Gasteiger partial charge in [-0.3, -0.25) is 19.7 Å². The van der Waals surface area contributed by atoms with Crippen LogP contribution in [0.3, 0.4) is 0 Å². The highest BCUT2D eigenvalue weighted by atomic mass is 16.6. The molecule has 0 aliphatic carbocycles. The first-order valence-corrected chi connectivity index (χ1v) is 9.42. The number of amides is 1. The van der Waals surface area contributed by atoms with Crippen molar-refractivity contribution in [1.29, 1.82) is 0 Å². The van der Waals surface area contributed by atoms with Gasteiger partial charge in [0.1, 0.15) is 29.6 Å². The van der Waals surface area contributed by atoms with Gasteiger partial charge in [-0.2, -0.15) is 0 Å². The SMILES string of the molecule is CCOc1ccc(NC(=O)c2ccc(COc3ccc(C(C)=O)cc3)o2)c([N+](=O)[O-])c1. The van der Waals surface area contributed by atoms with Crippen LogP contribution in [0.2, 0.25) is 0 Å². The maximum absolute atomic E-state index is 12.5. The fraction of sp³-hybridized carbons (Fsp3) is 0.182. The number of furan rings is 1. The van der Waals surface area contributed by atoms with E-state index in [1.165, 1.54) is 31.2 Å². The summed E-state index contributed by atoms with van der Waals surface area (Å²) in [7, 11) is 0. The first-order valence-electron chi connectivity index (χ1n) is 9.42. The molecule has 2 aromatic carbocycles. The standard InChI is InChI=1S/C22H20N2O7/c1-3-29-17-8-10-19(20(12-17)24(27)28)23-22(26)21-11-9-18(31-21)13-30-16-6-4-15(5-7-16)14(2)25/h4-12H,3,13H2,1-2H3,(H,23,26). The molecule has 0 fully saturated rings. The van der Waals surface area contributed by atoms with Crippen LogP contribution in [0.5, 0.6) is 11.5 Å². The van der Waals surface area contributed by atoms with E-state index in [0.717, 1.165) is 0 Å². The fourth-order valence-electron chi connectivity index (χ4n) is 2.73. The number of nitro groups is 1. The molecule has 160 valence electrons. The molecule has 0 atom stereocenters. The zero-order valence-electron chi connectivity index (χ0n) is 16.9. The highest BCUT2D eigenvalue weighted by Gasteiger charge is 2.20. The summed E-state index contributed by atoms with van der Waals surface area (Å²) in [6, 6.07) is 13.8. The van der Waals surface area contributed by atoms with E-state index in [2.05, 4.69) is 5.32 Å². The van der Waals surface area contributed by atoms with E-state index in [-0.39, 0.29) is 29.5 Å². The molecule has 0 spiro atoms. The predicted molar refractivity (Wildman–Crippen MR) is 112 cm³/mol. The van der Waals surface area contributed by atoms with Gasteiger partial charge in [0.15, 0.2) is 11.5 Å². The molecule has 0 unspecified atom stereocenters. The number of rotatable bonds is 9. The maximum Gasteiger partial charge on any atom is 0.296 e. The van der Waals surface area contributed by atoms with E-state index in [0.29, 0.717) is 29.4 Å². The van der Waals surface area contributed by atoms with Crippen LogP contribution in [0.15, 0.2) is 59.0 Å². The molecule has 9 nitrogen and oxygen atoms in total. The minimum Gasteiger partial charge on any atom is -0.494 e. The lowest BCUT2D eigenvalue weighted by atomic mass is 10.1. The van der Waals surface area contributed by atoms with E-state index in [1.54, 1.807) is 37.3 Å². The summed E-state index contributed by atoms with van der Waals surface area (Å²) in [6.45, 7) is 3.67. The number of hydrogen-bond acceptors (Lipinski definition) is 7. The van der Waals surface area contributed by atoms with E-state index < -0.39 is 10.8 Å². The molecule has 0 aliphatic rings. The zero-order chi connectivity index (χ0) is 22.4. The molecular weight excluding hydrogens is 404 g/mol. The molecule has 31 heavy (non-hydrogen) atoms. The van der Waals surface area contributed by atoms with Gasteiger partial charge >= 0.3 is 0 Å². The third kappa shape index (κ3) is 5.47. The Morgan fingerprint density at radius 2 is 1.74 bits per heavy atom. The van der Waals surface area contributed by atoms with Gasteiger partial charge in [-0.1, -0.05) is 0 Å². The molecule has 0 bridgehead atoms. The van der Waals surface area contributed by atoms with Gasteiger partial charge in [0, 0.05) is 5.56 Å². The molecule has 1 heterocycles. The second-order valence-corrected chi connectivity index (χ2v) is 6.46. The number of Topliss-reactive ketones (excluding diaryl/α,β-unsaturated/α-hetero) is 1. The molecule has 0 aliphatic heterocycles. The van der Waals surface area contributed by atoms with E-state index in [1.807, 2.05) is 0 Å². The van der Waals surface area contributed by atoms with Crippen LogP contribution in [0, 0.1) is 10.1 Å². The van der Waals surface area contributed by atoms with Crippen molar-refractivity contribution in [3.8, 4) is 11.5 Å². The van der Waals surface area contributed by atoms with Crippen LogP contribution < -0.4 is 14.8 Å². The van der Waals surface area contributed by atoms with Gasteiger partial charge in [0.2, 0.25) is 0 Å². The number of carbonyl (C=O) groups is 2. The summed E-state index contributed by atoms with van der Waals surface area (Å²) in [5.41, 5.74) is 0.314. The normalized spacial score (nSPS) is 10.4. The average Bonchev–Trinajstić information content (AvgIpc) is 3.23. The second kappa shape index (κ2) is 9.57. The van der Waals surface area contributed by atoms with Crippen molar-refractivity contribution in [2.45, 2.75) is 20.5 Å². The summed E-state index contributed by atoms with van der Waals surface area (Å²) in [5, 5.41) is 13.8. The van der Waals surface area contributed by atoms with Gasteiger partial charge in [0.05, 0.1) is 17.6 Å². The lowest BCUT2D eigenvalue weighted by molar-refractivity contribution is -0.384. The van der Waals surface area contributed by atoms with Crippen molar-refractivity contribution in [3.63, 3.8) is 0 Å². The molecule has 1 aromatic heterocycles. The maximum atomic E-state index is 12.5. The molecular formula is C22H20N2O7. The number of nitro benzene ring substituents is 1.